The normalized spacial score (nSPS) is 21.9. The van der Waals surface area contributed by atoms with Crippen LogP contribution in [0.5, 0.6) is 5.75 Å². The molecule has 0 bridgehead atoms. The van der Waals surface area contributed by atoms with E-state index in [0.717, 1.165) is 36.1 Å². The summed E-state index contributed by atoms with van der Waals surface area (Å²) in [5.41, 5.74) is 1.57. The third-order valence-corrected chi connectivity index (χ3v) is 5.61. The van der Waals surface area contributed by atoms with E-state index in [-0.39, 0.29) is 24.1 Å². The highest BCUT2D eigenvalue weighted by Gasteiger charge is 2.46. The summed E-state index contributed by atoms with van der Waals surface area (Å²) in [6.45, 7) is 11.6. The number of carbonyl (C=O) groups excluding carboxylic acids is 2. The lowest BCUT2D eigenvalue weighted by Crippen LogP contribution is -2.56. The molecule has 0 aromatic heterocycles. The molecule has 1 aromatic rings. The lowest BCUT2D eigenvalue weighted by molar-refractivity contribution is -0.132. The molecule has 2 saturated heterocycles. The van der Waals surface area contributed by atoms with Crippen LogP contribution >= 0.6 is 0 Å². The zero-order valence-electron chi connectivity index (χ0n) is 18.4. The van der Waals surface area contributed by atoms with Crippen LogP contribution in [0.2, 0.25) is 0 Å². The number of piperazine rings is 1. The first-order valence-corrected chi connectivity index (χ1v) is 10.7. The molecule has 6 heteroatoms. The van der Waals surface area contributed by atoms with Gasteiger partial charge in [0.15, 0.2) is 0 Å². The van der Waals surface area contributed by atoms with Crippen LogP contribution in [0.15, 0.2) is 18.2 Å². The minimum Gasteiger partial charge on any atom is -0.494 e. The smallest absolute Gasteiger partial charge is 0.410 e. The van der Waals surface area contributed by atoms with Crippen molar-refractivity contribution in [1.29, 1.82) is 0 Å². The van der Waals surface area contributed by atoms with Gasteiger partial charge in [-0.2, -0.15) is 0 Å². The van der Waals surface area contributed by atoms with Crippen LogP contribution in [0, 0.1) is 6.92 Å². The second kappa shape index (κ2) is 8.64. The Morgan fingerprint density at radius 2 is 2.00 bits per heavy atom. The first-order chi connectivity index (χ1) is 13.7. The molecule has 2 atom stereocenters. The van der Waals surface area contributed by atoms with Crippen molar-refractivity contribution in [2.75, 3.05) is 19.7 Å². The van der Waals surface area contributed by atoms with Gasteiger partial charge in [0.25, 0.3) is 0 Å². The first kappa shape index (κ1) is 21.5. The van der Waals surface area contributed by atoms with Crippen molar-refractivity contribution in [1.82, 2.24) is 9.80 Å². The predicted molar refractivity (Wildman–Crippen MR) is 112 cm³/mol. The summed E-state index contributed by atoms with van der Waals surface area (Å²) in [4.78, 5) is 29.1. The molecule has 2 aliphatic rings. The molecule has 2 amide bonds. The molecule has 0 N–H and O–H groups in total. The number of carbonyl (C=O) groups is 2. The van der Waals surface area contributed by atoms with Crippen molar-refractivity contribution in [3.63, 3.8) is 0 Å². The average molecular weight is 403 g/mol. The number of ether oxygens (including phenoxy) is 2. The summed E-state index contributed by atoms with van der Waals surface area (Å²) in [6, 6.07) is 5.85. The zero-order chi connectivity index (χ0) is 21.2. The Labute approximate surface area is 174 Å². The highest BCUT2D eigenvalue weighted by atomic mass is 16.6. The van der Waals surface area contributed by atoms with E-state index in [4.69, 9.17) is 9.47 Å². The number of unbranched alkanes of at least 4 members (excludes halogenated alkanes) is 1. The molecule has 3 rings (SSSR count). The van der Waals surface area contributed by atoms with E-state index in [2.05, 4.69) is 6.92 Å². The standard InChI is InChI=1S/C23H34N2O4/c1-6-7-14-28-17-8-9-18(16(2)15-17)21-19-10-11-20(26)24(19)12-13-25(21)22(27)29-23(3,4)5/h8-9,15,19,21H,6-7,10-14H2,1-5H3/t19-,21-/m0/s1. The fourth-order valence-electron chi connectivity index (χ4n) is 4.24. The molecule has 29 heavy (non-hydrogen) atoms. The lowest BCUT2D eigenvalue weighted by Gasteiger charge is -2.45. The lowest BCUT2D eigenvalue weighted by atomic mass is 9.91. The Hall–Kier alpha value is -2.24. The summed E-state index contributed by atoms with van der Waals surface area (Å²) >= 11 is 0. The third-order valence-electron chi connectivity index (χ3n) is 5.61. The van der Waals surface area contributed by atoms with Gasteiger partial charge in [0, 0.05) is 19.5 Å². The second-order valence-electron chi connectivity index (χ2n) is 9.03. The van der Waals surface area contributed by atoms with Crippen LogP contribution in [0.25, 0.3) is 0 Å². The van der Waals surface area contributed by atoms with E-state index in [1.54, 1.807) is 0 Å². The number of hydrogen-bond acceptors (Lipinski definition) is 4. The highest BCUT2D eigenvalue weighted by molar-refractivity contribution is 5.80. The van der Waals surface area contributed by atoms with E-state index < -0.39 is 5.60 Å². The van der Waals surface area contributed by atoms with Gasteiger partial charge >= 0.3 is 6.09 Å². The van der Waals surface area contributed by atoms with Gasteiger partial charge in [-0.05, 0) is 63.8 Å². The summed E-state index contributed by atoms with van der Waals surface area (Å²) in [5.74, 6) is 1.03. The van der Waals surface area contributed by atoms with Gasteiger partial charge < -0.3 is 14.4 Å². The molecule has 2 heterocycles. The zero-order valence-corrected chi connectivity index (χ0v) is 18.4. The minimum absolute atomic E-state index is 0.00525. The van der Waals surface area contributed by atoms with Crippen LogP contribution in [-0.4, -0.2) is 53.1 Å². The van der Waals surface area contributed by atoms with Gasteiger partial charge in [-0.15, -0.1) is 0 Å². The Balaban J connectivity index is 1.90. The molecule has 0 saturated carbocycles. The number of hydrogen-bond donors (Lipinski definition) is 0. The van der Waals surface area contributed by atoms with Gasteiger partial charge in [-0.25, -0.2) is 4.79 Å². The fraction of sp³-hybridized carbons (Fsp3) is 0.652. The van der Waals surface area contributed by atoms with Crippen LogP contribution in [0.1, 0.15) is 70.5 Å². The van der Waals surface area contributed by atoms with E-state index in [1.807, 2.05) is 55.7 Å². The third kappa shape index (κ3) is 4.85. The Morgan fingerprint density at radius 1 is 1.24 bits per heavy atom. The summed E-state index contributed by atoms with van der Waals surface area (Å²) in [5, 5.41) is 0. The first-order valence-electron chi connectivity index (χ1n) is 10.7. The SMILES string of the molecule is CCCCOc1ccc([C@H]2[C@@H]3CCC(=O)N3CCN2C(=O)OC(C)(C)C)c(C)c1. The van der Waals surface area contributed by atoms with Gasteiger partial charge in [-0.1, -0.05) is 19.4 Å². The maximum atomic E-state index is 13.0. The molecule has 2 aliphatic heterocycles. The molecule has 0 aliphatic carbocycles. The Kier molecular flexibility index (Phi) is 6.39. The molecule has 1 aromatic carbocycles. The Bertz CT molecular complexity index is 756. The van der Waals surface area contributed by atoms with E-state index >= 15 is 0 Å². The molecule has 0 spiro atoms. The number of rotatable bonds is 5. The van der Waals surface area contributed by atoms with E-state index in [9.17, 15) is 9.59 Å². The van der Waals surface area contributed by atoms with Crippen molar-refractivity contribution >= 4 is 12.0 Å². The van der Waals surface area contributed by atoms with Crippen LogP contribution in [0.3, 0.4) is 0 Å². The van der Waals surface area contributed by atoms with Crippen LogP contribution in [-0.2, 0) is 9.53 Å². The highest BCUT2D eigenvalue weighted by Crippen LogP contribution is 2.40. The summed E-state index contributed by atoms with van der Waals surface area (Å²) < 4.78 is 11.5. The van der Waals surface area contributed by atoms with E-state index in [1.165, 1.54) is 0 Å². The maximum absolute atomic E-state index is 13.0. The number of amides is 2. The molecule has 6 nitrogen and oxygen atoms in total. The van der Waals surface area contributed by atoms with Crippen molar-refractivity contribution < 1.29 is 19.1 Å². The molecule has 160 valence electrons. The predicted octanol–water partition coefficient (Wildman–Crippen LogP) is 4.46. The van der Waals surface area contributed by atoms with Crippen molar-refractivity contribution in [3.05, 3.63) is 29.3 Å². The monoisotopic (exact) mass is 402 g/mol. The van der Waals surface area contributed by atoms with Gasteiger partial charge in [-0.3, -0.25) is 9.69 Å². The molecule has 2 fully saturated rings. The number of nitrogens with zero attached hydrogens (tertiary/aromatic N) is 2. The summed E-state index contributed by atoms with van der Waals surface area (Å²) in [6.07, 6.45) is 3.10. The maximum Gasteiger partial charge on any atom is 0.410 e. The Morgan fingerprint density at radius 3 is 2.66 bits per heavy atom. The summed E-state index contributed by atoms with van der Waals surface area (Å²) in [7, 11) is 0. The minimum atomic E-state index is -0.559. The van der Waals surface area contributed by atoms with Gasteiger partial charge in [0.1, 0.15) is 11.4 Å². The molecular formula is C23H34N2O4. The number of benzene rings is 1. The molecule has 0 radical (unpaired) electrons. The largest absolute Gasteiger partial charge is 0.494 e. The van der Waals surface area contributed by atoms with Gasteiger partial charge in [0.2, 0.25) is 5.91 Å². The van der Waals surface area contributed by atoms with Crippen molar-refractivity contribution in [2.24, 2.45) is 0 Å². The van der Waals surface area contributed by atoms with Gasteiger partial charge in [0.05, 0.1) is 18.7 Å². The van der Waals surface area contributed by atoms with Crippen LogP contribution in [0.4, 0.5) is 4.79 Å². The second-order valence-corrected chi connectivity index (χ2v) is 9.03. The quantitative estimate of drug-likeness (QED) is 0.683. The van der Waals surface area contributed by atoms with Crippen molar-refractivity contribution in [3.8, 4) is 5.75 Å². The van der Waals surface area contributed by atoms with Crippen molar-refractivity contribution in [2.45, 2.75) is 78.0 Å². The van der Waals surface area contributed by atoms with E-state index in [0.29, 0.717) is 26.1 Å². The fourth-order valence-corrected chi connectivity index (χ4v) is 4.24. The average Bonchev–Trinajstić information content (AvgIpc) is 3.01. The van der Waals surface area contributed by atoms with Crippen LogP contribution < -0.4 is 4.74 Å². The number of fused-ring (bicyclic) bond motifs is 1. The topological polar surface area (TPSA) is 59.1 Å². The number of aryl methyl sites for hydroxylation is 1. The molecular weight excluding hydrogens is 368 g/mol. The molecule has 0 unspecified atom stereocenters.